The fraction of sp³-hybridized carbons (Fsp3) is 0.727. The number of piperidine rings is 1. The van der Waals surface area contributed by atoms with E-state index in [2.05, 4.69) is 9.71 Å². The normalized spacial score (nSPS) is 21.7. The third-order valence-corrected chi connectivity index (χ3v) is 5.77. The largest absolute Gasteiger partial charge is 0.329 e. The molecule has 6 nitrogen and oxygen atoms in total. The van der Waals surface area contributed by atoms with Crippen LogP contribution in [0.1, 0.15) is 29.1 Å². The van der Waals surface area contributed by atoms with Gasteiger partial charge in [-0.3, -0.25) is 0 Å². The van der Waals surface area contributed by atoms with E-state index in [9.17, 15) is 8.42 Å². The van der Waals surface area contributed by atoms with Crippen molar-refractivity contribution in [2.24, 2.45) is 5.73 Å². The molecule has 1 fully saturated rings. The van der Waals surface area contributed by atoms with E-state index in [0.717, 1.165) is 29.1 Å². The highest BCUT2D eigenvalue weighted by molar-refractivity contribution is 7.87. The lowest BCUT2D eigenvalue weighted by Gasteiger charge is -2.33. The number of aryl methyl sites for hydroxylation is 1. The maximum atomic E-state index is 12.3. The second-order valence-corrected chi connectivity index (χ2v) is 7.69. The van der Waals surface area contributed by atoms with E-state index in [1.807, 2.05) is 6.92 Å². The van der Waals surface area contributed by atoms with Crippen LogP contribution in [0.3, 0.4) is 0 Å². The average molecular weight is 304 g/mol. The standard InChI is InChI=1S/C11H20N4O2S2/c1-9-13-7-11(18-9)8-14-19(16,17)15-5-3-2-4-10(15)6-12/h7,10,14H,2-6,8,12H2,1H3. The zero-order valence-corrected chi connectivity index (χ0v) is 12.6. The quantitative estimate of drug-likeness (QED) is 0.834. The lowest BCUT2D eigenvalue weighted by molar-refractivity contribution is 0.254. The fourth-order valence-electron chi connectivity index (χ4n) is 2.26. The first-order valence-electron chi connectivity index (χ1n) is 6.41. The van der Waals surface area contributed by atoms with Crippen molar-refractivity contribution < 1.29 is 8.42 Å². The summed E-state index contributed by atoms with van der Waals surface area (Å²) in [7, 11) is -3.45. The molecule has 1 atom stereocenters. The molecule has 0 bridgehead atoms. The van der Waals surface area contributed by atoms with Gasteiger partial charge >= 0.3 is 0 Å². The summed E-state index contributed by atoms with van der Waals surface area (Å²) in [5, 5.41) is 0.937. The van der Waals surface area contributed by atoms with Gasteiger partial charge in [-0.05, 0) is 19.8 Å². The van der Waals surface area contributed by atoms with E-state index in [-0.39, 0.29) is 6.04 Å². The van der Waals surface area contributed by atoms with Gasteiger partial charge in [0.2, 0.25) is 0 Å². The van der Waals surface area contributed by atoms with Gasteiger partial charge in [0.1, 0.15) is 0 Å². The van der Waals surface area contributed by atoms with Crippen LogP contribution in [0.15, 0.2) is 6.20 Å². The van der Waals surface area contributed by atoms with Crippen LogP contribution in [0.25, 0.3) is 0 Å². The molecule has 0 amide bonds. The number of nitrogens with one attached hydrogen (secondary N) is 1. The second-order valence-electron chi connectivity index (χ2n) is 4.67. The predicted octanol–water partition coefficient (Wildman–Crippen LogP) is 0.599. The molecule has 1 aliphatic heterocycles. The van der Waals surface area contributed by atoms with Crippen LogP contribution >= 0.6 is 11.3 Å². The molecule has 2 heterocycles. The van der Waals surface area contributed by atoms with E-state index < -0.39 is 10.2 Å². The van der Waals surface area contributed by atoms with E-state index >= 15 is 0 Å². The fourth-order valence-corrected chi connectivity index (χ4v) is 4.54. The van der Waals surface area contributed by atoms with Crippen LogP contribution in [0.4, 0.5) is 0 Å². The average Bonchev–Trinajstić information content (AvgIpc) is 2.82. The van der Waals surface area contributed by atoms with Crippen LogP contribution in [0.5, 0.6) is 0 Å². The summed E-state index contributed by atoms with van der Waals surface area (Å²) < 4.78 is 28.7. The van der Waals surface area contributed by atoms with Crippen molar-refractivity contribution in [3.8, 4) is 0 Å². The third-order valence-electron chi connectivity index (χ3n) is 3.25. The summed E-state index contributed by atoms with van der Waals surface area (Å²) in [6.07, 6.45) is 4.50. The SMILES string of the molecule is Cc1ncc(CNS(=O)(=O)N2CCCCC2CN)s1. The Balaban J connectivity index is 2.00. The van der Waals surface area contributed by atoms with Crippen molar-refractivity contribution in [3.05, 3.63) is 16.1 Å². The van der Waals surface area contributed by atoms with E-state index in [1.165, 1.54) is 15.6 Å². The number of thiazole rings is 1. The smallest absolute Gasteiger partial charge is 0.280 e. The van der Waals surface area contributed by atoms with Crippen LogP contribution < -0.4 is 10.5 Å². The van der Waals surface area contributed by atoms with Crippen molar-refractivity contribution in [3.63, 3.8) is 0 Å². The van der Waals surface area contributed by atoms with Gasteiger partial charge in [0.15, 0.2) is 0 Å². The molecule has 0 aromatic carbocycles. The molecular weight excluding hydrogens is 284 g/mol. The highest BCUT2D eigenvalue weighted by atomic mass is 32.2. The summed E-state index contributed by atoms with van der Waals surface area (Å²) in [6, 6.07) is -0.0746. The molecule has 3 N–H and O–H groups in total. The maximum Gasteiger partial charge on any atom is 0.280 e. The summed E-state index contributed by atoms with van der Waals surface area (Å²) in [5.41, 5.74) is 5.66. The molecule has 1 aromatic rings. The first kappa shape index (κ1) is 14.9. The minimum Gasteiger partial charge on any atom is -0.329 e. The lowest BCUT2D eigenvalue weighted by atomic mass is 10.1. The minimum atomic E-state index is -3.45. The molecule has 0 spiro atoms. The highest BCUT2D eigenvalue weighted by Gasteiger charge is 2.31. The Labute approximate surface area is 118 Å². The Hall–Kier alpha value is -0.540. The zero-order chi connectivity index (χ0) is 13.9. The molecule has 0 saturated carbocycles. The predicted molar refractivity (Wildman–Crippen MR) is 76.0 cm³/mol. The Morgan fingerprint density at radius 2 is 2.37 bits per heavy atom. The van der Waals surface area contributed by atoms with Crippen molar-refractivity contribution >= 4 is 21.5 Å². The van der Waals surface area contributed by atoms with Gasteiger partial charge in [-0.1, -0.05) is 6.42 Å². The minimum absolute atomic E-state index is 0.0746. The molecule has 19 heavy (non-hydrogen) atoms. The summed E-state index contributed by atoms with van der Waals surface area (Å²) in [4.78, 5) is 5.03. The van der Waals surface area contributed by atoms with Crippen molar-refractivity contribution in [1.29, 1.82) is 0 Å². The molecule has 1 saturated heterocycles. The van der Waals surface area contributed by atoms with E-state index in [1.54, 1.807) is 6.20 Å². The van der Waals surface area contributed by atoms with Crippen LogP contribution in [-0.2, 0) is 16.8 Å². The number of nitrogens with two attached hydrogens (primary N) is 1. The summed E-state index contributed by atoms with van der Waals surface area (Å²) in [5.74, 6) is 0. The van der Waals surface area contributed by atoms with Crippen molar-refractivity contribution in [2.75, 3.05) is 13.1 Å². The molecule has 1 aromatic heterocycles. The monoisotopic (exact) mass is 304 g/mol. The first-order chi connectivity index (χ1) is 9.03. The zero-order valence-electron chi connectivity index (χ0n) is 11.0. The molecule has 1 aliphatic rings. The van der Waals surface area contributed by atoms with Gasteiger partial charge < -0.3 is 5.73 Å². The first-order valence-corrected chi connectivity index (χ1v) is 8.66. The van der Waals surface area contributed by atoms with Gasteiger partial charge in [0.25, 0.3) is 10.2 Å². The number of hydrogen-bond acceptors (Lipinski definition) is 5. The van der Waals surface area contributed by atoms with Gasteiger partial charge in [-0.15, -0.1) is 11.3 Å². The topological polar surface area (TPSA) is 88.3 Å². The Kier molecular flexibility index (Phi) is 4.91. The molecule has 108 valence electrons. The number of aromatic nitrogens is 1. The summed E-state index contributed by atoms with van der Waals surface area (Å²) in [6.45, 7) is 3.12. The molecular formula is C11H20N4O2S2. The third kappa shape index (κ3) is 3.73. The summed E-state index contributed by atoms with van der Waals surface area (Å²) >= 11 is 1.50. The molecule has 0 aliphatic carbocycles. The Morgan fingerprint density at radius 1 is 1.58 bits per heavy atom. The van der Waals surface area contributed by atoms with Crippen LogP contribution in [0.2, 0.25) is 0 Å². The van der Waals surface area contributed by atoms with Gasteiger partial charge in [-0.2, -0.15) is 17.4 Å². The molecule has 2 rings (SSSR count). The number of hydrogen-bond donors (Lipinski definition) is 2. The van der Waals surface area contributed by atoms with Gasteiger partial charge in [-0.25, -0.2) is 4.98 Å². The number of rotatable bonds is 5. The van der Waals surface area contributed by atoms with Crippen LogP contribution in [0, 0.1) is 6.92 Å². The highest BCUT2D eigenvalue weighted by Crippen LogP contribution is 2.19. The molecule has 8 heteroatoms. The van der Waals surface area contributed by atoms with E-state index in [0.29, 0.717) is 19.6 Å². The van der Waals surface area contributed by atoms with Crippen molar-refractivity contribution in [1.82, 2.24) is 14.0 Å². The van der Waals surface area contributed by atoms with Crippen LogP contribution in [-0.4, -0.2) is 36.8 Å². The molecule has 0 radical (unpaired) electrons. The maximum absolute atomic E-state index is 12.3. The van der Waals surface area contributed by atoms with Gasteiger partial charge in [0, 0.05) is 36.8 Å². The second kappa shape index (κ2) is 6.27. The lowest BCUT2D eigenvalue weighted by Crippen LogP contribution is -2.51. The Bertz CT molecular complexity index is 515. The number of nitrogens with zero attached hydrogens (tertiary/aromatic N) is 2. The Morgan fingerprint density at radius 3 is 3.00 bits per heavy atom. The van der Waals surface area contributed by atoms with Gasteiger partial charge in [0.05, 0.1) is 5.01 Å². The molecule has 1 unspecified atom stereocenters. The van der Waals surface area contributed by atoms with E-state index in [4.69, 9.17) is 5.73 Å². The van der Waals surface area contributed by atoms with Crippen molar-refractivity contribution in [2.45, 2.75) is 38.8 Å².